The zero-order chi connectivity index (χ0) is 17.5. The van der Waals surface area contributed by atoms with Gasteiger partial charge >= 0.3 is 0 Å². The number of ketones is 1. The predicted octanol–water partition coefficient (Wildman–Crippen LogP) is 3.87. The highest BCUT2D eigenvalue weighted by Gasteiger charge is 2.24. The molecule has 0 saturated heterocycles. The Bertz CT molecular complexity index is 978. The average molecular weight is 361 g/mol. The van der Waals surface area contributed by atoms with E-state index in [1.54, 1.807) is 19.1 Å². The number of hydrogen-bond acceptors (Lipinski definition) is 5. The van der Waals surface area contributed by atoms with Crippen LogP contribution in [-0.2, 0) is 10.1 Å². The monoisotopic (exact) mass is 361 g/mol. The van der Waals surface area contributed by atoms with Crippen molar-refractivity contribution in [2.24, 2.45) is 0 Å². The molecule has 1 aliphatic heterocycles. The Morgan fingerprint density at radius 3 is 2.54 bits per heavy atom. The molecule has 0 saturated carbocycles. The van der Waals surface area contributed by atoms with Gasteiger partial charge in [0.2, 0.25) is 5.78 Å². The zero-order valence-electron chi connectivity index (χ0n) is 13.0. The highest BCUT2D eigenvalue weighted by molar-refractivity contribution is 8.04. The third-order valence-corrected chi connectivity index (χ3v) is 5.73. The molecule has 1 aliphatic rings. The Labute approximate surface area is 144 Å². The summed E-state index contributed by atoms with van der Waals surface area (Å²) in [4.78, 5) is 13.8. The van der Waals surface area contributed by atoms with Gasteiger partial charge in [0, 0.05) is 16.2 Å². The maximum absolute atomic E-state index is 12.7. The van der Waals surface area contributed by atoms with Crippen molar-refractivity contribution in [3.63, 3.8) is 0 Å². The fourth-order valence-corrected chi connectivity index (χ4v) is 3.93. The summed E-state index contributed by atoms with van der Waals surface area (Å²) in [5.74, 6) is -0.0850. The molecule has 7 heteroatoms. The lowest BCUT2D eigenvalue weighted by Crippen LogP contribution is -2.13. The summed E-state index contributed by atoms with van der Waals surface area (Å²) in [6.45, 7) is 3.69. The molecule has 0 bridgehead atoms. The quantitative estimate of drug-likeness (QED) is 0.638. The lowest BCUT2D eigenvalue weighted by Gasteiger charge is -2.22. The van der Waals surface area contributed by atoms with Crippen molar-refractivity contribution < 1.29 is 17.8 Å². The standard InChI is InChI=1S/C17H15NO4S2/c1-10-4-3-5-12(8-10)16(19)17-11(2)18-14-9-13(24(20,21)22)6-7-15(14)23-17/h3-9,18H,1-2H3,(H,20,21,22). The van der Waals surface area contributed by atoms with E-state index in [-0.39, 0.29) is 10.7 Å². The van der Waals surface area contributed by atoms with E-state index < -0.39 is 10.1 Å². The molecule has 3 rings (SSSR count). The van der Waals surface area contributed by atoms with Crippen molar-refractivity contribution in [3.05, 3.63) is 64.2 Å². The SMILES string of the molecule is CC1=C(C(=O)c2cccc(C)c2)Sc2ccc(S(=O)(=O)O)cc2N1. The second-order valence-electron chi connectivity index (χ2n) is 5.51. The fraction of sp³-hybridized carbons (Fsp3) is 0.118. The van der Waals surface area contributed by atoms with Crippen LogP contribution >= 0.6 is 11.8 Å². The van der Waals surface area contributed by atoms with Crippen LogP contribution in [-0.4, -0.2) is 18.8 Å². The molecule has 124 valence electrons. The largest absolute Gasteiger partial charge is 0.357 e. The third kappa shape index (κ3) is 3.24. The molecule has 2 aromatic carbocycles. The average Bonchev–Trinajstić information content (AvgIpc) is 2.52. The lowest BCUT2D eigenvalue weighted by atomic mass is 10.1. The Kier molecular flexibility index (Phi) is 4.25. The van der Waals surface area contributed by atoms with Crippen molar-refractivity contribution in [1.29, 1.82) is 0 Å². The molecular formula is C17H15NO4S2. The fourth-order valence-electron chi connectivity index (χ4n) is 2.44. The van der Waals surface area contributed by atoms with E-state index in [9.17, 15) is 13.2 Å². The Morgan fingerprint density at radius 1 is 1.12 bits per heavy atom. The maximum atomic E-state index is 12.7. The summed E-state index contributed by atoms with van der Waals surface area (Å²) < 4.78 is 31.6. The maximum Gasteiger partial charge on any atom is 0.294 e. The van der Waals surface area contributed by atoms with Crippen molar-refractivity contribution in [3.8, 4) is 0 Å². The Hall–Kier alpha value is -2.09. The summed E-state index contributed by atoms with van der Waals surface area (Å²) in [5.41, 5.74) is 2.81. The first-order valence-corrected chi connectivity index (χ1v) is 9.40. The van der Waals surface area contributed by atoms with Crippen molar-refractivity contribution in [2.75, 3.05) is 5.32 Å². The van der Waals surface area contributed by atoms with E-state index in [2.05, 4.69) is 5.32 Å². The second kappa shape index (κ2) is 6.08. The summed E-state index contributed by atoms with van der Waals surface area (Å²) in [5, 5.41) is 3.05. The topological polar surface area (TPSA) is 83.5 Å². The highest BCUT2D eigenvalue weighted by atomic mass is 32.2. The van der Waals surface area contributed by atoms with Gasteiger partial charge in [-0.3, -0.25) is 9.35 Å². The smallest absolute Gasteiger partial charge is 0.294 e. The predicted molar refractivity (Wildman–Crippen MR) is 93.9 cm³/mol. The van der Waals surface area contributed by atoms with Gasteiger partial charge in [0.15, 0.2) is 0 Å². The van der Waals surface area contributed by atoms with Gasteiger partial charge in [0.1, 0.15) is 0 Å². The normalized spacial score (nSPS) is 14.1. The number of carbonyl (C=O) groups is 1. The first-order valence-electron chi connectivity index (χ1n) is 7.14. The number of thioether (sulfide) groups is 1. The summed E-state index contributed by atoms with van der Waals surface area (Å²) in [7, 11) is -4.26. The van der Waals surface area contributed by atoms with E-state index in [4.69, 9.17) is 4.55 Å². The molecule has 1 heterocycles. The third-order valence-electron chi connectivity index (χ3n) is 3.61. The van der Waals surface area contributed by atoms with Gasteiger partial charge in [-0.15, -0.1) is 0 Å². The molecule has 2 aromatic rings. The minimum absolute atomic E-state index is 0.0850. The molecule has 0 unspecified atom stereocenters. The van der Waals surface area contributed by atoms with Crippen LogP contribution in [0.5, 0.6) is 0 Å². The first kappa shape index (κ1) is 16.8. The molecule has 0 spiro atoms. The molecule has 0 aliphatic carbocycles. The van der Waals surface area contributed by atoms with Crippen LogP contribution in [0, 0.1) is 6.92 Å². The minimum Gasteiger partial charge on any atom is -0.357 e. The molecule has 0 radical (unpaired) electrons. The number of hydrogen-bond donors (Lipinski definition) is 2. The zero-order valence-corrected chi connectivity index (χ0v) is 14.7. The molecular weight excluding hydrogens is 346 g/mol. The summed E-state index contributed by atoms with van der Waals surface area (Å²) in [6.07, 6.45) is 0. The van der Waals surface area contributed by atoms with E-state index in [1.165, 1.54) is 23.9 Å². The number of fused-ring (bicyclic) bond motifs is 1. The second-order valence-corrected chi connectivity index (χ2v) is 7.99. The van der Waals surface area contributed by atoms with Gasteiger partial charge in [0.25, 0.3) is 10.1 Å². The van der Waals surface area contributed by atoms with Crippen LogP contribution in [0.25, 0.3) is 0 Å². The lowest BCUT2D eigenvalue weighted by molar-refractivity contribution is 0.104. The van der Waals surface area contributed by atoms with Gasteiger partial charge in [-0.25, -0.2) is 0 Å². The van der Waals surface area contributed by atoms with E-state index in [0.717, 1.165) is 10.5 Å². The van der Waals surface area contributed by atoms with E-state index >= 15 is 0 Å². The summed E-state index contributed by atoms with van der Waals surface area (Å²) >= 11 is 1.28. The number of benzene rings is 2. The molecule has 0 atom stereocenters. The number of anilines is 1. The van der Waals surface area contributed by atoms with Gasteiger partial charge in [0.05, 0.1) is 15.5 Å². The number of carbonyl (C=O) groups excluding carboxylic acids is 1. The number of allylic oxidation sites excluding steroid dienone is 2. The number of rotatable bonds is 3. The molecule has 24 heavy (non-hydrogen) atoms. The van der Waals surface area contributed by atoms with Gasteiger partial charge in [-0.2, -0.15) is 8.42 Å². The van der Waals surface area contributed by atoms with Crippen LogP contribution in [0.15, 0.2) is 62.9 Å². The van der Waals surface area contributed by atoms with Crippen LogP contribution in [0.2, 0.25) is 0 Å². The van der Waals surface area contributed by atoms with E-state index in [1.807, 2.05) is 25.1 Å². The van der Waals surface area contributed by atoms with Gasteiger partial charge in [-0.1, -0.05) is 35.5 Å². The first-order chi connectivity index (χ1) is 11.3. The van der Waals surface area contributed by atoms with Crippen LogP contribution in [0.1, 0.15) is 22.8 Å². The Balaban J connectivity index is 1.97. The van der Waals surface area contributed by atoms with Gasteiger partial charge < -0.3 is 5.32 Å². The minimum atomic E-state index is -4.26. The molecule has 5 nitrogen and oxygen atoms in total. The summed E-state index contributed by atoms with van der Waals surface area (Å²) in [6, 6.07) is 11.6. The number of aryl methyl sites for hydroxylation is 1. The molecule has 0 amide bonds. The number of nitrogens with one attached hydrogen (secondary N) is 1. The van der Waals surface area contributed by atoms with Crippen molar-refractivity contribution >= 4 is 33.4 Å². The van der Waals surface area contributed by atoms with Gasteiger partial charge in [-0.05, 0) is 38.1 Å². The van der Waals surface area contributed by atoms with Crippen molar-refractivity contribution in [1.82, 2.24) is 0 Å². The highest BCUT2D eigenvalue weighted by Crippen LogP contribution is 2.41. The Morgan fingerprint density at radius 2 is 1.88 bits per heavy atom. The number of Topliss-reactive ketones (excluding diaryl/α,β-unsaturated/α-hetero) is 1. The van der Waals surface area contributed by atoms with Crippen molar-refractivity contribution in [2.45, 2.75) is 23.6 Å². The molecule has 0 aromatic heterocycles. The van der Waals surface area contributed by atoms with Crippen LogP contribution in [0.4, 0.5) is 5.69 Å². The van der Waals surface area contributed by atoms with Crippen LogP contribution < -0.4 is 5.32 Å². The van der Waals surface area contributed by atoms with Crippen LogP contribution in [0.3, 0.4) is 0 Å². The molecule has 0 fully saturated rings. The molecule has 2 N–H and O–H groups in total. The van der Waals surface area contributed by atoms with E-state index in [0.29, 0.717) is 21.9 Å².